The van der Waals surface area contributed by atoms with E-state index in [0.717, 1.165) is 11.1 Å². The predicted molar refractivity (Wildman–Crippen MR) is 91.9 cm³/mol. The summed E-state index contributed by atoms with van der Waals surface area (Å²) in [7, 11) is 0. The van der Waals surface area contributed by atoms with Crippen LogP contribution in [0.3, 0.4) is 0 Å². The molecule has 0 fully saturated rings. The molecule has 7 heteroatoms. The Balaban J connectivity index is 2.22. The maximum Gasteiger partial charge on any atom is 0.225 e. The Kier molecular flexibility index (Phi) is 3.99. The minimum Gasteiger partial charge on any atom is -0.399 e. The van der Waals surface area contributed by atoms with Crippen LogP contribution in [0.1, 0.15) is 22.9 Å². The van der Waals surface area contributed by atoms with Crippen LogP contribution in [-0.2, 0) is 0 Å². The van der Waals surface area contributed by atoms with Crippen molar-refractivity contribution in [3.8, 4) is 0 Å². The quantitative estimate of drug-likeness (QED) is 0.636. The van der Waals surface area contributed by atoms with Crippen molar-refractivity contribution in [2.24, 2.45) is 0 Å². The number of anilines is 3. The number of aromatic nitrogens is 3. The second-order valence-corrected chi connectivity index (χ2v) is 5.44. The van der Waals surface area contributed by atoms with Gasteiger partial charge in [-0.15, -0.1) is 0 Å². The van der Waals surface area contributed by atoms with E-state index in [2.05, 4.69) is 15.0 Å². The minimum absolute atomic E-state index is 0.0694. The van der Waals surface area contributed by atoms with Crippen molar-refractivity contribution in [3.05, 3.63) is 70.5 Å². The summed E-state index contributed by atoms with van der Waals surface area (Å²) in [5, 5.41) is 0.524. The second kappa shape index (κ2) is 6.10. The number of rotatable bonds is 3. The Bertz CT molecular complexity index is 817. The van der Waals surface area contributed by atoms with Gasteiger partial charge < -0.3 is 17.2 Å². The number of hydrogen-bond acceptors (Lipinski definition) is 6. The van der Waals surface area contributed by atoms with Crippen LogP contribution in [0.2, 0.25) is 5.02 Å². The molecule has 0 aliphatic carbocycles. The van der Waals surface area contributed by atoms with Gasteiger partial charge in [0.15, 0.2) is 0 Å². The van der Waals surface area contributed by atoms with Gasteiger partial charge in [-0.1, -0.05) is 48.0 Å². The Morgan fingerprint density at radius 3 is 2.09 bits per heavy atom. The molecule has 1 aromatic heterocycles. The molecule has 1 heterocycles. The summed E-state index contributed by atoms with van der Waals surface area (Å²) in [6.45, 7) is 0. The van der Waals surface area contributed by atoms with Crippen LogP contribution in [0, 0.1) is 0 Å². The van der Waals surface area contributed by atoms with Crippen LogP contribution < -0.4 is 17.2 Å². The van der Waals surface area contributed by atoms with Crippen LogP contribution in [0.4, 0.5) is 17.6 Å². The highest BCUT2D eigenvalue weighted by molar-refractivity contribution is 6.31. The molecule has 0 saturated carbocycles. The zero-order chi connectivity index (χ0) is 16.4. The summed E-state index contributed by atoms with van der Waals surface area (Å²) < 4.78 is 0. The molecule has 0 unspecified atom stereocenters. The Morgan fingerprint density at radius 2 is 1.48 bits per heavy atom. The summed E-state index contributed by atoms with van der Waals surface area (Å²) >= 11 is 6.39. The van der Waals surface area contributed by atoms with E-state index < -0.39 is 0 Å². The first-order valence-corrected chi connectivity index (χ1v) is 7.29. The fourth-order valence-electron chi connectivity index (χ4n) is 2.45. The minimum atomic E-state index is -0.322. The van der Waals surface area contributed by atoms with Gasteiger partial charge in [-0.05, 0) is 23.3 Å². The van der Waals surface area contributed by atoms with E-state index in [0.29, 0.717) is 16.5 Å². The van der Waals surface area contributed by atoms with Crippen molar-refractivity contribution in [1.82, 2.24) is 15.0 Å². The average Bonchev–Trinajstić information content (AvgIpc) is 2.50. The molecule has 23 heavy (non-hydrogen) atoms. The third-order valence-corrected chi connectivity index (χ3v) is 3.74. The summed E-state index contributed by atoms with van der Waals surface area (Å²) in [6, 6.07) is 15.1. The topological polar surface area (TPSA) is 117 Å². The number of benzene rings is 2. The zero-order valence-corrected chi connectivity index (χ0v) is 12.9. The number of hydrogen-bond donors (Lipinski definition) is 3. The fourth-order valence-corrected chi connectivity index (χ4v) is 2.74. The maximum atomic E-state index is 6.39. The van der Waals surface area contributed by atoms with Gasteiger partial charge in [0, 0.05) is 10.7 Å². The smallest absolute Gasteiger partial charge is 0.225 e. The lowest BCUT2D eigenvalue weighted by Gasteiger charge is -2.18. The Labute approximate surface area is 138 Å². The van der Waals surface area contributed by atoms with Crippen molar-refractivity contribution in [3.63, 3.8) is 0 Å². The van der Waals surface area contributed by atoms with E-state index in [-0.39, 0.29) is 17.8 Å². The average molecular weight is 327 g/mol. The standard InChI is InChI=1S/C16H15ClN6/c17-12-8-10(18)6-7-11(12)13(9-4-2-1-3-5-9)14-21-15(19)23-16(20)22-14/h1-8,13H,18H2,(H4,19,20,21,22,23)/t13-/m0/s1. The van der Waals surface area contributed by atoms with E-state index in [1.807, 2.05) is 36.4 Å². The van der Waals surface area contributed by atoms with Crippen molar-refractivity contribution >= 4 is 29.2 Å². The van der Waals surface area contributed by atoms with Crippen LogP contribution in [-0.4, -0.2) is 15.0 Å². The predicted octanol–water partition coefficient (Wildman–Crippen LogP) is 2.45. The summed E-state index contributed by atoms with van der Waals surface area (Å²) in [5.41, 5.74) is 19.6. The number of nitrogens with two attached hydrogens (primary N) is 3. The molecule has 116 valence electrons. The number of nitrogen functional groups attached to an aromatic ring is 3. The normalized spacial score (nSPS) is 12.0. The van der Waals surface area contributed by atoms with E-state index in [4.69, 9.17) is 28.8 Å². The summed E-state index contributed by atoms with van der Waals surface area (Å²) in [4.78, 5) is 12.3. The Morgan fingerprint density at radius 1 is 0.826 bits per heavy atom. The molecule has 6 nitrogen and oxygen atoms in total. The van der Waals surface area contributed by atoms with Gasteiger partial charge in [-0.3, -0.25) is 0 Å². The summed E-state index contributed by atoms with van der Waals surface area (Å²) in [6.07, 6.45) is 0. The van der Waals surface area contributed by atoms with Crippen LogP contribution in [0.25, 0.3) is 0 Å². The first-order valence-electron chi connectivity index (χ1n) is 6.91. The lowest BCUT2D eigenvalue weighted by Crippen LogP contribution is -2.13. The van der Waals surface area contributed by atoms with E-state index in [9.17, 15) is 0 Å². The molecule has 6 N–H and O–H groups in total. The lowest BCUT2D eigenvalue weighted by molar-refractivity contribution is 0.843. The van der Waals surface area contributed by atoms with Gasteiger partial charge in [0.2, 0.25) is 11.9 Å². The van der Waals surface area contributed by atoms with E-state index >= 15 is 0 Å². The molecule has 3 aromatic rings. The Hall–Kier alpha value is -2.86. The first-order chi connectivity index (χ1) is 11.0. The number of halogens is 1. The zero-order valence-electron chi connectivity index (χ0n) is 12.1. The number of nitrogens with zero attached hydrogens (tertiary/aromatic N) is 3. The molecule has 0 radical (unpaired) electrons. The fraction of sp³-hybridized carbons (Fsp3) is 0.0625. The maximum absolute atomic E-state index is 6.39. The molecular weight excluding hydrogens is 312 g/mol. The van der Waals surface area contributed by atoms with Crippen LogP contribution in [0.5, 0.6) is 0 Å². The third-order valence-electron chi connectivity index (χ3n) is 3.41. The molecule has 0 aliphatic rings. The third kappa shape index (κ3) is 3.17. The highest BCUT2D eigenvalue weighted by Gasteiger charge is 2.23. The molecule has 1 atom stereocenters. The van der Waals surface area contributed by atoms with Gasteiger partial charge >= 0.3 is 0 Å². The van der Waals surface area contributed by atoms with Gasteiger partial charge in [0.25, 0.3) is 0 Å². The van der Waals surface area contributed by atoms with E-state index in [1.54, 1.807) is 12.1 Å². The van der Waals surface area contributed by atoms with Crippen LogP contribution in [0.15, 0.2) is 48.5 Å². The SMILES string of the molecule is Nc1ccc([C@H](c2ccccc2)c2nc(N)nc(N)n2)c(Cl)c1. The van der Waals surface area contributed by atoms with Gasteiger partial charge in [-0.25, -0.2) is 0 Å². The molecule has 0 aliphatic heterocycles. The lowest BCUT2D eigenvalue weighted by atomic mass is 9.90. The largest absolute Gasteiger partial charge is 0.399 e. The summed E-state index contributed by atoms with van der Waals surface area (Å²) in [5.74, 6) is 0.254. The first kappa shape index (κ1) is 15.1. The van der Waals surface area contributed by atoms with Crippen molar-refractivity contribution in [1.29, 1.82) is 0 Å². The molecule has 2 aromatic carbocycles. The molecule has 0 amide bonds. The van der Waals surface area contributed by atoms with Crippen molar-refractivity contribution in [2.45, 2.75) is 5.92 Å². The highest BCUT2D eigenvalue weighted by atomic mass is 35.5. The molecule has 0 bridgehead atoms. The second-order valence-electron chi connectivity index (χ2n) is 5.03. The van der Waals surface area contributed by atoms with Gasteiger partial charge in [0.05, 0.1) is 5.92 Å². The molecule has 3 rings (SSSR count). The molecule has 0 saturated heterocycles. The van der Waals surface area contributed by atoms with E-state index in [1.165, 1.54) is 0 Å². The van der Waals surface area contributed by atoms with Crippen molar-refractivity contribution in [2.75, 3.05) is 17.2 Å². The molecular formula is C16H15ClN6. The highest BCUT2D eigenvalue weighted by Crippen LogP contribution is 2.35. The van der Waals surface area contributed by atoms with Gasteiger partial charge in [0.1, 0.15) is 5.82 Å². The van der Waals surface area contributed by atoms with Crippen molar-refractivity contribution < 1.29 is 0 Å². The molecule has 0 spiro atoms. The monoisotopic (exact) mass is 326 g/mol. The van der Waals surface area contributed by atoms with Gasteiger partial charge in [-0.2, -0.15) is 15.0 Å². The van der Waals surface area contributed by atoms with Crippen LogP contribution >= 0.6 is 11.6 Å².